The van der Waals surface area contributed by atoms with Gasteiger partial charge < -0.3 is 4.74 Å². The molecule has 1 aliphatic heterocycles. The minimum Gasteiger partial charge on any atom is -0.492 e. The fourth-order valence-electron chi connectivity index (χ4n) is 5.51. The van der Waals surface area contributed by atoms with Gasteiger partial charge >= 0.3 is 0 Å². The van der Waals surface area contributed by atoms with Crippen LogP contribution in [0.1, 0.15) is 45.9 Å². The monoisotopic (exact) mass is 508 g/mol. The van der Waals surface area contributed by atoms with Crippen molar-refractivity contribution in [3.63, 3.8) is 0 Å². The molecule has 0 spiro atoms. The van der Waals surface area contributed by atoms with Gasteiger partial charge in [-0.05, 0) is 79.4 Å². The van der Waals surface area contributed by atoms with Crippen LogP contribution in [0, 0.1) is 5.92 Å². The van der Waals surface area contributed by atoms with Crippen molar-refractivity contribution in [1.82, 2.24) is 30.3 Å². The molecule has 6 rings (SSSR count). The first kappa shape index (κ1) is 24.6. The molecule has 0 aliphatic carbocycles. The van der Waals surface area contributed by atoms with Gasteiger partial charge in [0, 0.05) is 35.5 Å². The maximum atomic E-state index is 6.13. The quantitative estimate of drug-likeness (QED) is 0.246. The van der Waals surface area contributed by atoms with Gasteiger partial charge in [-0.2, -0.15) is 10.2 Å². The lowest BCUT2D eigenvalue weighted by Gasteiger charge is -2.33. The number of nitrogens with zero attached hydrogens (tertiary/aromatic N) is 4. The van der Waals surface area contributed by atoms with Crippen LogP contribution in [0.3, 0.4) is 0 Å². The van der Waals surface area contributed by atoms with Gasteiger partial charge in [-0.3, -0.25) is 15.1 Å². The zero-order valence-electron chi connectivity index (χ0n) is 22.5. The lowest BCUT2D eigenvalue weighted by atomic mass is 10.0. The maximum absolute atomic E-state index is 6.13. The Morgan fingerprint density at radius 1 is 0.947 bits per heavy atom. The molecule has 38 heavy (non-hydrogen) atoms. The standard InChI is InChI=1S/C31H36N6O/c1-20(2)16-29-32-31(36-34-29)25-10-12-28-27(19-25)30(35-33-28)24-8-7-23-18-26(11-9-22(23)17-24)38-15-14-37-13-5-4-6-21(37)3/h7-12,17-21H,4-6,13-16H2,1-3H3,(H,33,35)(H,32,34,36)/t21-/m0/s1. The number of ether oxygens (including phenoxy) is 1. The number of rotatable bonds is 8. The second-order valence-corrected chi connectivity index (χ2v) is 11.0. The van der Waals surface area contributed by atoms with Crippen molar-refractivity contribution < 1.29 is 4.74 Å². The SMILES string of the molecule is CC(C)Cc1nc(-c2ccc3[nH]nc(-c4ccc5cc(OCCN6CCCC[C@@H]6C)ccc5c4)c3c2)n[nH]1. The average molecular weight is 509 g/mol. The topological polar surface area (TPSA) is 82.7 Å². The van der Waals surface area contributed by atoms with Crippen LogP contribution in [0.25, 0.3) is 44.3 Å². The molecular formula is C31H36N6O. The largest absolute Gasteiger partial charge is 0.492 e. The zero-order chi connectivity index (χ0) is 26.1. The van der Waals surface area contributed by atoms with Crippen LogP contribution in [0.5, 0.6) is 5.75 Å². The Bertz CT molecular complexity index is 1550. The lowest BCUT2D eigenvalue weighted by molar-refractivity contribution is 0.133. The molecule has 0 unspecified atom stereocenters. The van der Waals surface area contributed by atoms with E-state index in [9.17, 15) is 0 Å². The molecule has 0 amide bonds. The molecule has 3 heterocycles. The summed E-state index contributed by atoms with van der Waals surface area (Å²) in [6.45, 7) is 9.58. The van der Waals surface area contributed by atoms with Crippen LogP contribution < -0.4 is 4.74 Å². The minimum atomic E-state index is 0.526. The second kappa shape index (κ2) is 10.6. The van der Waals surface area contributed by atoms with E-state index in [1.165, 1.54) is 31.2 Å². The van der Waals surface area contributed by atoms with Crippen molar-refractivity contribution >= 4 is 21.7 Å². The molecule has 196 valence electrons. The summed E-state index contributed by atoms with van der Waals surface area (Å²) in [6.07, 6.45) is 4.83. The van der Waals surface area contributed by atoms with Gasteiger partial charge in [0.2, 0.25) is 0 Å². The number of aromatic amines is 2. The highest BCUT2D eigenvalue weighted by atomic mass is 16.5. The Balaban J connectivity index is 1.21. The predicted molar refractivity (Wildman–Crippen MR) is 153 cm³/mol. The van der Waals surface area contributed by atoms with Crippen LogP contribution in [-0.4, -0.2) is 56.0 Å². The summed E-state index contributed by atoms with van der Waals surface area (Å²) in [4.78, 5) is 7.25. The van der Waals surface area contributed by atoms with Crippen molar-refractivity contribution in [2.45, 2.75) is 52.5 Å². The highest BCUT2D eigenvalue weighted by Gasteiger charge is 2.18. The highest BCUT2D eigenvalue weighted by molar-refractivity contribution is 5.97. The van der Waals surface area contributed by atoms with Crippen LogP contribution in [-0.2, 0) is 6.42 Å². The number of aromatic nitrogens is 5. The summed E-state index contributed by atoms with van der Waals surface area (Å²) in [6, 6.07) is 19.7. The second-order valence-electron chi connectivity index (χ2n) is 11.0. The first-order valence-electron chi connectivity index (χ1n) is 13.8. The number of hydrogen-bond donors (Lipinski definition) is 2. The summed E-state index contributed by atoms with van der Waals surface area (Å²) >= 11 is 0. The molecule has 0 saturated carbocycles. The third-order valence-electron chi connectivity index (χ3n) is 7.63. The van der Waals surface area contributed by atoms with Crippen molar-refractivity contribution in [2.24, 2.45) is 5.92 Å². The van der Waals surface area contributed by atoms with E-state index in [4.69, 9.17) is 9.72 Å². The van der Waals surface area contributed by atoms with E-state index >= 15 is 0 Å². The Labute approximate surface area is 223 Å². The van der Waals surface area contributed by atoms with E-state index in [1.54, 1.807) is 0 Å². The summed E-state index contributed by atoms with van der Waals surface area (Å²) in [7, 11) is 0. The third kappa shape index (κ3) is 5.16. The smallest absolute Gasteiger partial charge is 0.181 e. The lowest BCUT2D eigenvalue weighted by Crippen LogP contribution is -2.39. The molecule has 0 radical (unpaired) electrons. The van der Waals surface area contributed by atoms with Crippen molar-refractivity contribution in [3.05, 3.63) is 60.4 Å². The van der Waals surface area contributed by atoms with Crippen molar-refractivity contribution in [1.29, 1.82) is 0 Å². The summed E-state index contributed by atoms with van der Waals surface area (Å²) < 4.78 is 6.13. The summed E-state index contributed by atoms with van der Waals surface area (Å²) in [5.41, 5.74) is 3.98. The van der Waals surface area contributed by atoms with Crippen molar-refractivity contribution in [3.8, 4) is 28.4 Å². The molecule has 2 N–H and O–H groups in total. The number of hydrogen-bond acceptors (Lipinski definition) is 5. The van der Waals surface area contributed by atoms with E-state index in [0.717, 1.165) is 70.1 Å². The molecule has 1 atom stereocenters. The van der Waals surface area contributed by atoms with Crippen LogP contribution in [0.2, 0.25) is 0 Å². The first-order valence-corrected chi connectivity index (χ1v) is 13.8. The molecule has 7 nitrogen and oxygen atoms in total. The summed E-state index contributed by atoms with van der Waals surface area (Å²) in [5.74, 6) is 3.09. The van der Waals surface area contributed by atoms with Crippen LogP contribution in [0.15, 0.2) is 54.6 Å². The average Bonchev–Trinajstić information content (AvgIpc) is 3.56. The number of H-pyrrole nitrogens is 2. The molecule has 3 aromatic carbocycles. The summed E-state index contributed by atoms with van der Waals surface area (Å²) in [5, 5.41) is 18.8. The van der Waals surface area contributed by atoms with Crippen molar-refractivity contribution in [2.75, 3.05) is 19.7 Å². The minimum absolute atomic E-state index is 0.526. The molecule has 7 heteroatoms. The maximum Gasteiger partial charge on any atom is 0.181 e. The van der Waals surface area contributed by atoms with Gasteiger partial charge in [0.15, 0.2) is 5.82 Å². The van der Waals surface area contributed by atoms with Gasteiger partial charge in [-0.15, -0.1) is 0 Å². The molecule has 2 aromatic heterocycles. The number of fused-ring (bicyclic) bond motifs is 2. The molecule has 5 aromatic rings. The van der Waals surface area contributed by atoms with Gasteiger partial charge in [0.05, 0.1) is 11.2 Å². The Hall–Kier alpha value is -3.71. The fourth-order valence-corrected chi connectivity index (χ4v) is 5.51. The molecule has 0 bridgehead atoms. The number of piperidine rings is 1. The normalized spacial score (nSPS) is 16.6. The number of nitrogens with one attached hydrogen (secondary N) is 2. The molecule has 1 fully saturated rings. The fraction of sp³-hybridized carbons (Fsp3) is 0.387. The Kier molecular flexibility index (Phi) is 6.85. The third-order valence-corrected chi connectivity index (χ3v) is 7.63. The van der Waals surface area contributed by atoms with E-state index in [0.29, 0.717) is 12.0 Å². The van der Waals surface area contributed by atoms with Gasteiger partial charge in [-0.1, -0.05) is 38.5 Å². The zero-order valence-corrected chi connectivity index (χ0v) is 22.5. The number of benzene rings is 3. The van der Waals surface area contributed by atoms with Crippen LogP contribution >= 0.6 is 0 Å². The first-order chi connectivity index (χ1) is 18.5. The highest BCUT2D eigenvalue weighted by Crippen LogP contribution is 2.32. The Morgan fingerprint density at radius 3 is 2.66 bits per heavy atom. The number of likely N-dealkylation sites (tertiary alicyclic amines) is 1. The Morgan fingerprint density at radius 2 is 1.79 bits per heavy atom. The van der Waals surface area contributed by atoms with E-state index in [1.807, 2.05) is 6.07 Å². The molecule has 1 aliphatic rings. The van der Waals surface area contributed by atoms with Gasteiger partial charge in [-0.25, -0.2) is 4.98 Å². The van der Waals surface area contributed by atoms with E-state index in [-0.39, 0.29) is 0 Å². The van der Waals surface area contributed by atoms with E-state index in [2.05, 4.69) is 94.6 Å². The molecule has 1 saturated heterocycles. The predicted octanol–water partition coefficient (Wildman–Crippen LogP) is 6.62. The van der Waals surface area contributed by atoms with Gasteiger partial charge in [0.1, 0.15) is 18.2 Å². The van der Waals surface area contributed by atoms with Crippen LogP contribution in [0.4, 0.5) is 0 Å². The van der Waals surface area contributed by atoms with E-state index < -0.39 is 0 Å². The van der Waals surface area contributed by atoms with Gasteiger partial charge in [0.25, 0.3) is 0 Å². The molecular weight excluding hydrogens is 472 g/mol.